The molecule has 2 unspecified atom stereocenters. The molecule has 1 N–H and O–H groups in total. The van der Waals surface area contributed by atoms with Crippen molar-refractivity contribution in [1.82, 2.24) is 10.2 Å². The van der Waals surface area contributed by atoms with Gasteiger partial charge in [-0.15, -0.1) is 0 Å². The molecule has 86 valence electrons. The molecule has 2 aliphatic rings. The summed E-state index contributed by atoms with van der Waals surface area (Å²) in [6.07, 6.45) is 5.63. The summed E-state index contributed by atoms with van der Waals surface area (Å²) in [4.78, 5) is 13.7. The van der Waals surface area contributed by atoms with E-state index in [-0.39, 0.29) is 0 Å². The maximum Gasteiger partial charge on any atom is 0.222 e. The highest BCUT2D eigenvalue weighted by Crippen LogP contribution is 2.18. The summed E-state index contributed by atoms with van der Waals surface area (Å²) in [7, 11) is 0. The average molecular weight is 210 g/mol. The molecule has 2 atom stereocenters. The van der Waals surface area contributed by atoms with Crippen LogP contribution in [-0.4, -0.2) is 36.5 Å². The zero-order valence-corrected chi connectivity index (χ0v) is 9.67. The number of piperidine rings is 2. The summed E-state index contributed by atoms with van der Waals surface area (Å²) in [6, 6.07) is 0.529. The Morgan fingerprint density at radius 1 is 1.40 bits per heavy atom. The van der Waals surface area contributed by atoms with Gasteiger partial charge in [-0.1, -0.05) is 6.92 Å². The van der Waals surface area contributed by atoms with Crippen LogP contribution in [-0.2, 0) is 4.79 Å². The first kappa shape index (κ1) is 10.9. The van der Waals surface area contributed by atoms with Gasteiger partial charge in [0.25, 0.3) is 0 Å². The largest absolute Gasteiger partial charge is 0.341 e. The fourth-order valence-electron chi connectivity index (χ4n) is 2.65. The molecule has 2 heterocycles. The molecular formula is C12H22N2O. The average Bonchev–Trinajstić information content (AvgIpc) is 2.24. The van der Waals surface area contributed by atoms with E-state index in [0.717, 1.165) is 32.5 Å². The topological polar surface area (TPSA) is 32.3 Å². The Bertz CT molecular complexity index is 230. The van der Waals surface area contributed by atoms with E-state index < -0.39 is 0 Å². The van der Waals surface area contributed by atoms with E-state index in [4.69, 9.17) is 0 Å². The number of carbonyl (C=O) groups excluding carboxylic acids is 1. The van der Waals surface area contributed by atoms with E-state index in [1.807, 2.05) is 0 Å². The van der Waals surface area contributed by atoms with Gasteiger partial charge in [-0.05, 0) is 38.1 Å². The van der Waals surface area contributed by atoms with Crippen molar-refractivity contribution in [3.05, 3.63) is 0 Å². The fourth-order valence-corrected chi connectivity index (χ4v) is 2.65. The summed E-state index contributed by atoms with van der Waals surface area (Å²) < 4.78 is 0. The van der Waals surface area contributed by atoms with Crippen LogP contribution in [0.25, 0.3) is 0 Å². The molecule has 2 aliphatic heterocycles. The van der Waals surface area contributed by atoms with E-state index in [0.29, 0.717) is 17.9 Å². The van der Waals surface area contributed by atoms with Crippen LogP contribution in [0.5, 0.6) is 0 Å². The molecular weight excluding hydrogens is 188 g/mol. The second kappa shape index (κ2) is 4.97. The molecule has 0 aromatic heterocycles. The van der Waals surface area contributed by atoms with E-state index >= 15 is 0 Å². The van der Waals surface area contributed by atoms with Crippen LogP contribution >= 0.6 is 0 Å². The van der Waals surface area contributed by atoms with Crippen molar-refractivity contribution in [3.8, 4) is 0 Å². The van der Waals surface area contributed by atoms with Gasteiger partial charge in [0.1, 0.15) is 0 Å². The third-order valence-electron chi connectivity index (χ3n) is 3.77. The number of carbonyl (C=O) groups is 1. The van der Waals surface area contributed by atoms with Crippen molar-refractivity contribution in [2.24, 2.45) is 5.92 Å². The normalized spacial score (nSPS) is 33.1. The van der Waals surface area contributed by atoms with Crippen LogP contribution in [0.4, 0.5) is 0 Å². The second-order valence-corrected chi connectivity index (χ2v) is 4.98. The molecule has 0 radical (unpaired) electrons. The zero-order chi connectivity index (χ0) is 10.7. The molecule has 2 rings (SSSR count). The second-order valence-electron chi connectivity index (χ2n) is 4.98. The van der Waals surface area contributed by atoms with Crippen LogP contribution in [0.3, 0.4) is 0 Å². The fraction of sp³-hybridized carbons (Fsp3) is 0.917. The van der Waals surface area contributed by atoms with E-state index in [1.165, 1.54) is 19.3 Å². The van der Waals surface area contributed by atoms with Crippen molar-refractivity contribution in [3.63, 3.8) is 0 Å². The van der Waals surface area contributed by atoms with Crippen molar-refractivity contribution >= 4 is 5.91 Å². The summed E-state index contributed by atoms with van der Waals surface area (Å²) in [5.41, 5.74) is 0. The summed E-state index contributed by atoms with van der Waals surface area (Å²) in [5, 5.41) is 3.54. The molecule has 2 saturated heterocycles. The minimum absolute atomic E-state index is 0.362. The molecule has 0 spiro atoms. The number of nitrogens with one attached hydrogen (secondary N) is 1. The summed E-state index contributed by atoms with van der Waals surface area (Å²) >= 11 is 0. The molecule has 0 aromatic rings. The number of nitrogens with zero attached hydrogens (tertiary/aromatic N) is 1. The van der Waals surface area contributed by atoms with Gasteiger partial charge in [0.15, 0.2) is 0 Å². The van der Waals surface area contributed by atoms with E-state index in [1.54, 1.807) is 0 Å². The van der Waals surface area contributed by atoms with Crippen LogP contribution in [0.1, 0.15) is 39.0 Å². The first-order valence-electron chi connectivity index (χ1n) is 6.28. The van der Waals surface area contributed by atoms with Gasteiger partial charge in [-0.25, -0.2) is 0 Å². The molecule has 0 bridgehead atoms. The van der Waals surface area contributed by atoms with Crippen LogP contribution < -0.4 is 5.32 Å². The van der Waals surface area contributed by atoms with E-state index in [9.17, 15) is 4.79 Å². The maximum absolute atomic E-state index is 11.7. The number of rotatable bonds is 2. The molecule has 1 amide bonds. The number of hydrogen-bond acceptors (Lipinski definition) is 2. The quantitative estimate of drug-likeness (QED) is 0.747. The first-order valence-corrected chi connectivity index (χ1v) is 6.28. The number of likely N-dealkylation sites (tertiary alicyclic amines) is 1. The summed E-state index contributed by atoms with van der Waals surface area (Å²) in [5.74, 6) is 1.08. The smallest absolute Gasteiger partial charge is 0.222 e. The van der Waals surface area contributed by atoms with Gasteiger partial charge in [0.05, 0.1) is 0 Å². The Kier molecular flexibility index (Phi) is 3.62. The third-order valence-corrected chi connectivity index (χ3v) is 3.77. The lowest BCUT2D eigenvalue weighted by Gasteiger charge is -2.36. The van der Waals surface area contributed by atoms with Gasteiger partial charge < -0.3 is 10.2 Å². The zero-order valence-electron chi connectivity index (χ0n) is 9.67. The predicted molar refractivity (Wildman–Crippen MR) is 60.6 cm³/mol. The third kappa shape index (κ3) is 2.71. The predicted octanol–water partition coefficient (Wildman–Crippen LogP) is 1.39. The molecule has 0 aromatic carbocycles. The van der Waals surface area contributed by atoms with Crippen molar-refractivity contribution in [2.75, 3.05) is 19.6 Å². The molecule has 0 saturated carbocycles. The standard InChI is InChI=1S/C12H22N2O/c1-10-5-4-7-13-11(10)9-14-8-3-2-6-12(14)15/h10-11,13H,2-9H2,1H3. The van der Waals surface area contributed by atoms with Crippen LogP contribution in [0.15, 0.2) is 0 Å². The highest BCUT2D eigenvalue weighted by Gasteiger charge is 2.26. The summed E-state index contributed by atoms with van der Waals surface area (Å²) in [6.45, 7) is 5.33. The van der Waals surface area contributed by atoms with Crippen molar-refractivity contribution < 1.29 is 4.79 Å². The Morgan fingerprint density at radius 3 is 3.00 bits per heavy atom. The van der Waals surface area contributed by atoms with Crippen molar-refractivity contribution in [2.45, 2.75) is 45.1 Å². The van der Waals surface area contributed by atoms with Gasteiger partial charge in [0, 0.05) is 25.6 Å². The van der Waals surface area contributed by atoms with Gasteiger partial charge in [0.2, 0.25) is 5.91 Å². The van der Waals surface area contributed by atoms with Crippen LogP contribution in [0, 0.1) is 5.92 Å². The lowest BCUT2D eigenvalue weighted by atomic mass is 9.92. The number of hydrogen-bond donors (Lipinski definition) is 1. The maximum atomic E-state index is 11.7. The lowest BCUT2D eigenvalue weighted by molar-refractivity contribution is -0.133. The van der Waals surface area contributed by atoms with Crippen LogP contribution in [0.2, 0.25) is 0 Å². The Morgan fingerprint density at radius 2 is 2.27 bits per heavy atom. The van der Waals surface area contributed by atoms with Gasteiger partial charge in [-0.2, -0.15) is 0 Å². The van der Waals surface area contributed by atoms with Gasteiger partial charge >= 0.3 is 0 Å². The molecule has 15 heavy (non-hydrogen) atoms. The molecule has 2 fully saturated rings. The Labute approximate surface area is 92.2 Å². The number of amides is 1. The highest BCUT2D eigenvalue weighted by molar-refractivity contribution is 5.76. The SMILES string of the molecule is CC1CCCNC1CN1CCCCC1=O. The van der Waals surface area contributed by atoms with Crippen molar-refractivity contribution in [1.29, 1.82) is 0 Å². The minimum atomic E-state index is 0.362. The first-order chi connectivity index (χ1) is 7.27. The lowest BCUT2D eigenvalue weighted by Crippen LogP contribution is -2.50. The minimum Gasteiger partial charge on any atom is -0.341 e. The van der Waals surface area contributed by atoms with E-state index in [2.05, 4.69) is 17.1 Å². The molecule has 3 heteroatoms. The Hall–Kier alpha value is -0.570. The van der Waals surface area contributed by atoms with Gasteiger partial charge in [-0.3, -0.25) is 4.79 Å². The monoisotopic (exact) mass is 210 g/mol. The molecule has 3 nitrogen and oxygen atoms in total. The highest BCUT2D eigenvalue weighted by atomic mass is 16.2. The Balaban J connectivity index is 1.86. The molecule has 0 aliphatic carbocycles.